The number of fused-ring (bicyclic) bond motifs is 1. The van der Waals surface area contributed by atoms with Crippen LogP contribution < -0.4 is 4.74 Å². The SMILES string of the molecule is COC(=O)[C@H](C)Oc1cc(Cn2c(C)c(C)c3cc(C(=O)O)ccc32)ccc1Cl. The number of aryl methyl sites for hydroxylation is 1. The van der Waals surface area contributed by atoms with E-state index >= 15 is 0 Å². The molecule has 6 nitrogen and oxygen atoms in total. The normalized spacial score (nSPS) is 12.0. The second kappa shape index (κ2) is 8.17. The Morgan fingerprint density at radius 2 is 1.90 bits per heavy atom. The number of benzene rings is 2. The molecular weight excluding hydrogens is 394 g/mol. The van der Waals surface area contributed by atoms with Crippen LogP contribution in [0.5, 0.6) is 5.75 Å². The molecule has 29 heavy (non-hydrogen) atoms. The van der Waals surface area contributed by atoms with Gasteiger partial charge in [-0.25, -0.2) is 9.59 Å². The summed E-state index contributed by atoms with van der Waals surface area (Å²) in [6, 6.07) is 10.6. The molecule has 0 aliphatic heterocycles. The predicted molar refractivity (Wildman–Crippen MR) is 111 cm³/mol. The van der Waals surface area contributed by atoms with Crippen LogP contribution in [0.3, 0.4) is 0 Å². The maximum absolute atomic E-state index is 11.6. The number of hydrogen-bond donors (Lipinski definition) is 1. The molecule has 0 aliphatic rings. The number of carboxylic acid groups (broad SMARTS) is 1. The Bertz CT molecular complexity index is 1100. The van der Waals surface area contributed by atoms with E-state index in [1.807, 2.05) is 26.0 Å². The number of hydrogen-bond acceptors (Lipinski definition) is 4. The predicted octanol–water partition coefficient (Wildman–Crippen LogP) is 4.60. The van der Waals surface area contributed by atoms with Gasteiger partial charge in [0.2, 0.25) is 0 Å². The Balaban J connectivity index is 1.97. The molecule has 0 unspecified atom stereocenters. The summed E-state index contributed by atoms with van der Waals surface area (Å²) in [6.45, 7) is 6.13. The zero-order valence-electron chi connectivity index (χ0n) is 16.7. The summed E-state index contributed by atoms with van der Waals surface area (Å²) in [6.07, 6.45) is -0.779. The number of carboxylic acids is 1. The van der Waals surface area contributed by atoms with E-state index in [0.717, 1.165) is 27.7 Å². The van der Waals surface area contributed by atoms with Gasteiger partial charge in [0.15, 0.2) is 6.10 Å². The minimum atomic E-state index is -0.948. The smallest absolute Gasteiger partial charge is 0.346 e. The summed E-state index contributed by atoms with van der Waals surface area (Å²) in [7, 11) is 1.30. The highest BCUT2D eigenvalue weighted by atomic mass is 35.5. The minimum Gasteiger partial charge on any atom is -0.478 e. The molecule has 152 valence electrons. The molecule has 0 bridgehead atoms. The summed E-state index contributed by atoms with van der Waals surface area (Å²) in [4.78, 5) is 22.9. The van der Waals surface area contributed by atoms with Crippen LogP contribution in [0.1, 0.15) is 34.1 Å². The molecule has 1 heterocycles. The zero-order valence-corrected chi connectivity index (χ0v) is 17.4. The average molecular weight is 416 g/mol. The number of ether oxygens (including phenoxy) is 2. The lowest BCUT2D eigenvalue weighted by Gasteiger charge is -2.15. The summed E-state index contributed by atoms with van der Waals surface area (Å²) in [5.41, 5.74) is 4.22. The molecule has 3 aromatic rings. The van der Waals surface area contributed by atoms with E-state index in [0.29, 0.717) is 17.3 Å². The summed E-state index contributed by atoms with van der Waals surface area (Å²) >= 11 is 6.23. The van der Waals surface area contributed by atoms with Crippen molar-refractivity contribution >= 4 is 34.4 Å². The second-order valence-electron chi connectivity index (χ2n) is 6.88. The van der Waals surface area contributed by atoms with Gasteiger partial charge in [0, 0.05) is 23.1 Å². The molecule has 0 saturated heterocycles. The Hall–Kier alpha value is -2.99. The van der Waals surface area contributed by atoms with Crippen molar-refractivity contribution in [2.45, 2.75) is 33.4 Å². The molecular formula is C22H22ClNO5. The maximum Gasteiger partial charge on any atom is 0.346 e. The number of rotatable bonds is 6. The fraction of sp³-hybridized carbons (Fsp3) is 0.273. The van der Waals surface area contributed by atoms with E-state index in [2.05, 4.69) is 4.57 Å². The van der Waals surface area contributed by atoms with Gasteiger partial charge in [-0.2, -0.15) is 0 Å². The van der Waals surface area contributed by atoms with Crippen molar-refractivity contribution in [2.24, 2.45) is 0 Å². The third kappa shape index (κ3) is 4.07. The second-order valence-corrected chi connectivity index (χ2v) is 7.29. The average Bonchev–Trinajstić information content (AvgIpc) is 2.94. The van der Waals surface area contributed by atoms with E-state index in [1.54, 1.807) is 31.2 Å². The summed E-state index contributed by atoms with van der Waals surface area (Å²) < 4.78 is 12.5. The standard InChI is InChI=1S/C22H22ClNO5/c1-12-13(2)24(19-8-6-16(21(25)26)10-17(12)19)11-15-5-7-18(23)20(9-15)29-14(3)22(27)28-4/h5-10,14H,11H2,1-4H3,(H,25,26)/t14-/m0/s1. The van der Waals surface area contributed by atoms with Gasteiger partial charge in [-0.1, -0.05) is 17.7 Å². The summed E-state index contributed by atoms with van der Waals surface area (Å²) in [5, 5.41) is 10.6. The van der Waals surface area contributed by atoms with Crippen molar-refractivity contribution < 1.29 is 24.2 Å². The molecule has 3 rings (SSSR count). The van der Waals surface area contributed by atoms with Gasteiger partial charge in [-0.3, -0.25) is 0 Å². The van der Waals surface area contributed by atoms with Crippen LogP contribution in [0, 0.1) is 13.8 Å². The van der Waals surface area contributed by atoms with Crippen LogP contribution in [0.25, 0.3) is 10.9 Å². The first-order chi connectivity index (χ1) is 13.7. The van der Waals surface area contributed by atoms with Crippen molar-refractivity contribution in [1.29, 1.82) is 0 Å². The number of carbonyl (C=O) groups excluding carboxylic acids is 1. The lowest BCUT2D eigenvalue weighted by Crippen LogP contribution is -2.25. The van der Waals surface area contributed by atoms with Gasteiger partial charge in [0.25, 0.3) is 0 Å². The number of methoxy groups -OCH3 is 1. The van der Waals surface area contributed by atoms with Crippen molar-refractivity contribution in [1.82, 2.24) is 4.57 Å². The van der Waals surface area contributed by atoms with E-state index in [9.17, 15) is 14.7 Å². The van der Waals surface area contributed by atoms with Crippen LogP contribution in [-0.2, 0) is 16.1 Å². The molecule has 0 amide bonds. The Morgan fingerprint density at radius 3 is 2.55 bits per heavy atom. The summed E-state index contributed by atoms with van der Waals surface area (Å²) in [5.74, 6) is -1.03. The quantitative estimate of drug-likeness (QED) is 0.595. The van der Waals surface area contributed by atoms with Crippen molar-refractivity contribution in [3.63, 3.8) is 0 Å². The molecule has 1 aromatic heterocycles. The Kier molecular flexibility index (Phi) is 5.84. The molecule has 1 N–H and O–H groups in total. The van der Waals surface area contributed by atoms with Crippen LogP contribution in [-0.4, -0.2) is 34.8 Å². The number of carbonyl (C=O) groups is 2. The molecule has 1 atom stereocenters. The largest absolute Gasteiger partial charge is 0.478 e. The van der Waals surface area contributed by atoms with Crippen molar-refractivity contribution in [2.75, 3.05) is 7.11 Å². The zero-order chi connectivity index (χ0) is 21.3. The highest BCUT2D eigenvalue weighted by Crippen LogP contribution is 2.30. The van der Waals surface area contributed by atoms with Gasteiger partial charge in [0.05, 0.1) is 17.7 Å². The third-order valence-corrected chi connectivity index (χ3v) is 5.37. The van der Waals surface area contributed by atoms with Gasteiger partial charge in [-0.15, -0.1) is 0 Å². The van der Waals surface area contributed by atoms with Gasteiger partial charge >= 0.3 is 11.9 Å². The van der Waals surface area contributed by atoms with Crippen LogP contribution in [0.15, 0.2) is 36.4 Å². The molecule has 0 spiro atoms. The van der Waals surface area contributed by atoms with Crippen LogP contribution in [0.4, 0.5) is 0 Å². The maximum atomic E-state index is 11.6. The van der Waals surface area contributed by atoms with Gasteiger partial charge < -0.3 is 19.1 Å². The van der Waals surface area contributed by atoms with E-state index in [4.69, 9.17) is 21.1 Å². The topological polar surface area (TPSA) is 77.8 Å². The third-order valence-electron chi connectivity index (χ3n) is 5.06. The lowest BCUT2D eigenvalue weighted by molar-refractivity contribution is -0.147. The Morgan fingerprint density at radius 1 is 1.17 bits per heavy atom. The monoisotopic (exact) mass is 415 g/mol. The van der Waals surface area contributed by atoms with Crippen LogP contribution in [0.2, 0.25) is 5.02 Å². The minimum absolute atomic E-state index is 0.261. The first-order valence-electron chi connectivity index (χ1n) is 9.08. The Labute approximate surface area is 173 Å². The molecule has 0 fully saturated rings. The van der Waals surface area contributed by atoms with Crippen molar-refractivity contribution in [3.8, 4) is 5.75 Å². The highest BCUT2D eigenvalue weighted by molar-refractivity contribution is 6.32. The van der Waals surface area contributed by atoms with Gasteiger partial charge in [-0.05, 0) is 62.2 Å². The highest BCUT2D eigenvalue weighted by Gasteiger charge is 2.18. The fourth-order valence-corrected chi connectivity index (χ4v) is 3.47. The van der Waals surface area contributed by atoms with Crippen molar-refractivity contribution in [3.05, 3.63) is 63.8 Å². The van der Waals surface area contributed by atoms with E-state index in [1.165, 1.54) is 7.11 Å². The number of aromatic carboxylic acids is 1. The number of esters is 1. The molecule has 0 saturated carbocycles. The van der Waals surface area contributed by atoms with E-state index in [-0.39, 0.29) is 5.56 Å². The van der Waals surface area contributed by atoms with Gasteiger partial charge in [0.1, 0.15) is 5.75 Å². The molecule has 0 radical (unpaired) electrons. The number of halogens is 1. The molecule has 7 heteroatoms. The molecule has 2 aromatic carbocycles. The first kappa shape index (κ1) is 20.7. The fourth-order valence-electron chi connectivity index (χ4n) is 3.31. The lowest BCUT2D eigenvalue weighted by atomic mass is 10.1. The van der Waals surface area contributed by atoms with E-state index < -0.39 is 18.0 Å². The first-order valence-corrected chi connectivity index (χ1v) is 9.46. The molecule has 0 aliphatic carbocycles. The number of nitrogens with zero attached hydrogens (tertiary/aromatic N) is 1. The number of aromatic nitrogens is 1. The van der Waals surface area contributed by atoms with Crippen LogP contribution >= 0.6 is 11.6 Å².